The third-order valence-electron chi connectivity index (χ3n) is 3.18. The molecule has 2 aliphatic rings. The molecular weight excluding hydrogens is 176 g/mol. The van der Waals surface area contributed by atoms with Gasteiger partial charge in [-0.15, -0.1) is 0 Å². The summed E-state index contributed by atoms with van der Waals surface area (Å²) in [4.78, 5) is 11.5. The zero-order chi connectivity index (χ0) is 9.80. The topological polar surface area (TPSA) is 41.1 Å². The van der Waals surface area contributed by atoms with Gasteiger partial charge in [-0.1, -0.05) is 12.8 Å². The van der Waals surface area contributed by atoms with Crippen LogP contribution in [0.2, 0.25) is 0 Å². The minimum absolute atomic E-state index is 0.0799. The summed E-state index contributed by atoms with van der Waals surface area (Å²) in [7, 11) is 0. The fourth-order valence-corrected chi connectivity index (χ4v) is 2.00. The summed E-state index contributed by atoms with van der Waals surface area (Å²) in [6.45, 7) is 1.88. The molecule has 0 radical (unpaired) electrons. The average Bonchev–Trinajstić information content (AvgIpc) is 2.97. The lowest BCUT2D eigenvalue weighted by Crippen LogP contribution is -2.43. The molecule has 1 saturated heterocycles. The molecule has 0 aromatic rings. The maximum atomic E-state index is 11.5. The summed E-state index contributed by atoms with van der Waals surface area (Å²) < 4.78 is 0. The summed E-state index contributed by atoms with van der Waals surface area (Å²) in [5.41, 5.74) is 0. The zero-order valence-corrected chi connectivity index (χ0v) is 8.72. The Hall–Kier alpha value is -0.570. The third-order valence-corrected chi connectivity index (χ3v) is 3.18. The third kappa shape index (κ3) is 2.98. The van der Waals surface area contributed by atoms with Gasteiger partial charge in [-0.2, -0.15) is 0 Å². The molecule has 1 saturated carbocycles. The molecule has 80 valence electrons. The van der Waals surface area contributed by atoms with Gasteiger partial charge >= 0.3 is 0 Å². The highest BCUT2D eigenvalue weighted by molar-refractivity contribution is 5.81. The first kappa shape index (κ1) is 9.97. The normalized spacial score (nSPS) is 28.3. The lowest BCUT2D eigenvalue weighted by atomic mass is 10.1. The molecule has 0 bridgehead atoms. The van der Waals surface area contributed by atoms with Crippen LogP contribution in [0.5, 0.6) is 0 Å². The molecule has 0 aromatic carbocycles. The van der Waals surface area contributed by atoms with Gasteiger partial charge in [-0.3, -0.25) is 4.79 Å². The molecule has 2 N–H and O–H groups in total. The second-order valence-corrected chi connectivity index (χ2v) is 4.53. The highest BCUT2D eigenvalue weighted by Crippen LogP contribution is 2.31. The molecule has 3 nitrogen and oxygen atoms in total. The van der Waals surface area contributed by atoms with Crippen molar-refractivity contribution in [3.63, 3.8) is 0 Å². The Morgan fingerprint density at radius 2 is 2.14 bits per heavy atom. The smallest absolute Gasteiger partial charge is 0.237 e. The van der Waals surface area contributed by atoms with Crippen molar-refractivity contribution in [2.45, 2.75) is 44.6 Å². The molecule has 2 rings (SSSR count). The van der Waals surface area contributed by atoms with Crippen LogP contribution in [-0.2, 0) is 4.79 Å². The second-order valence-electron chi connectivity index (χ2n) is 4.53. The van der Waals surface area contributed by atoms with E-state index >= 15 is 0 Å². The SMILES string of the molecule is O=C1NCCCCC1NCCC1CC1. The minimum Gasteiger partial charge on any atom is -0.355 e. The van der Waals surface area contributed by atoms with Gasteiger partial charge in [0.25, 0.3) is 0 Å². The van der Waals surface area contributed by atoms with Crippen molar-refractivity contribution in [3.8, 4) is 0 Å². The Morgan fingerprint density at radius 3 is 2.93 bits per heavy atom. The molecular formula is C11H20N2O. The van der Waals surface area contributed by atoms with Crippen LogP contribution < -0.4 is 10.6 Å². The molecule has 14 heavy (non-hydrogen) atoms. The van der Waals surface area contributed by atoms with Crippen molar-refractivity contribution in [3.05, 3.63) is 0 Å². The monoisotopic (exact) mass is 196 g/mol. The second kappa shape index (κ2) is 4.78. The van der Waals surface area contributed by atoms with E-state index in [9.17, 15) is 4.79 Å². The van der Waals surface area contributed by atoms with Crippen molar-refractivity contribution < 1.29 is 4.79 Å². The Balaban J connectivity index is 1.67. The fraction of sp³-hybridized carbons (Fsp3) is 0.909. The maximum absolute atomic E-state index is 11.5. The lowest BCUT2D eigenvalue weighted by Gasteiger charge is -2.14. The largest absolute Gasteiger partial charge is 0.355 e. The predicted molar refractivity (Wildman–Crippen MR) is 56.0 cm³/mol. The van der Waals surface area contributed by atoms with E-state index in [0.717, 1.165) is 31.8 Å². The first-order valence-corrected chi connectivity index (χ1v) is 5.87. The van der Waals surface area contributed by atoms with Crippen LogP contribution in [0.3, 0.4) is 0 Å². The molecule has 1 aliphatic heterocycles. The van der Waals surface area contributed by atoms with Gasteiger partial charge in [0.15, 0.2) is 0 Å². The molecule has 0 aromatic heterocycles. The van der Waals surface area contributed by atoms with Gasteiger partial charge in [0.1, 0.15) is 0 Å². The summed E-state index contributed by atoms with van der Waals surface area (Å²) in [5, 5.41) is 6.32. The van der Waals surface area contributed by atoms with E-state index in [1.54, 1.807) is 0 Å². The number of hydrogen-bond acceptors (Lipinski definition) is 2. The van der Waals surface area contributed by atoms with E-state index in [2.05, 4.69) is 10.6 Å². The van der Waals surface area contributed by atoms with Crippen LogP contribution in [0.1, 0.15) is 38.5 Å². The Morgan fingerprint density at radius 1 is 1.29 bits per heavy atom. The van der Waals surface area contributed by atoms with Crippen LogP contribution in [0.4, 0.5) is 0 Å². The molecule has 3 heteroatoms. The number of amides is 1. The van der Waals surface area contributed by atoms with E-state index in [4.69, 9.17) is 0 Å². The van der Waals surface area contributed by atoms with E-state index in [1.807, 2.05) is 0 Å². The first-order valence-electron chi connectivity index (χ1n) is 5.87. The first-order chi connectivity index (χ1) is 6.86. The Kier molecular flexibility index (Phi) is 3.40. The van der Waals surface area contributed by atoms with E-state index in [0.29, 0.717) is 0 Å². The lowest BCUT2D eigenvalue weighted by molar-refractivity contribution is -0.122. The van der Waals surface area contributed by atoms with Crippen molar-refractivity contribution in [2.24, 2.45) is 5.92 Å². The molecule has 1 aliphatic carbocycles. The predicted octanol–water partition coefficient (Wildman–Crippen LogP) is 1.04. The maximum Gasteiger partial charge on any atom is 0.237 e. The van der Waals surface area contributed by atoms with Gasteiger partial charge in [-0.05, 0) is 38.1 Å². The van der Waals surface area contributed by atoms with E-state index in [-0.39, 0.29) is 11.9 Å². The zero-order valence-electron chi connectivity index (χ0n) is 8.72. The van der Waals surface area contributed by atoms with Crippen molar-refractivity contribution in [2.75, 3.05) is 13.1 Å². The Bertz CT molecular complexity index is 201. The van der Waals surface area contributed by atoms with Crippen LogP contribution in [-0.4, -0.2) is 25.0 Å². The van der Waals surface area contributed by atoms with Crippen LogP contribution in [0.15, 0.2) is 0 Å². The number of carbonyl (C=O) groups is 1. The standard InChI is InChI=1S/C11H20N2O/c14-11-10(3-1-2-7-13-11)12-8-6-9-4-5-9/h9-10,12H,1-8H2,(H,13,14). The van der Waals surface area contributed by atoms with Crippen molar-refractivity contribution in [1.82, 2.24) is 10.6 Å². The summed E-state index contributed by atoms with van der Waals surface area (Å²) >= 11 is 0. The summed E-state index contributed by atoms with van der Waals surface area (Å²) in [6.07, 6.45) is 7.36. The minimum atomic E-state index is 0.0799. The number of rotatable bonds is 4. The fourth-order valence-electron chi connectivity index (χ4n) is 2.00. The van der Waals surface area contributed by atoms with Crippen LogP contribution >= 0.6 is 0 Å². The van der Waals surface area contributed by atoms with E-state index < -0.39 is 0 Å². The van der Waals surface area contributed by atoms with Gasteiger partial charge in [0.2, 0.25) is 5.91 Å². The van der Waals surface area contributed by atoms with Gasteiger partial charge in [-0.25, -0.2) is 0 Å². The van der Waals surface area contributed by atoms with Crippen molar-refractivity contribution in [1.29, 1.82) is 0 Å². The quantitative estimate of drug-likeness (QED) is 0.705. The van der Waals surface area contributed by atoms with Gasteiger partial charge < -0.3 is 10.6 Å². The van der Waals surface area contributed by atoms with Gasteiger partial charge in [0, 0.05) is 6.54 Å². The average molecular weight is 196 g/mol. The number of nitrogens with one attached hydrogen (secondary N) is 2. The summed E-state index contributed by atoms with van der Waals surface area (Å²) in [6, 6.07) is 0.0799. The molecule has 1 amide bonds. The molecule has 0 spiro atoms. The van der Waals surface area contributed by atoms with Crippen molar-refractivity contribution >= 4 is 5.91 Å². The van der Waals surface area contributed by atoms with Crippen LogP contribution in [0, 0.1) is 5.92 Å². The van der Waals surface area contributed by atoms with Gasteiger partial charge in [0.05, 0.1) is 6.04 Å². The summed E-state index contributed by atoms with van der Waals surface area (Å²) in [5.74, 6) is 1.16. The highest BCUT2D eigenvalue weighted by Gasteiger charge is 2.23. The molecule has 2 fully saturated rings. The highest BCUT2D eigenvalue weighted by atomic mass is 16.2. The molecule has 1 heterocycles. The number of carbonyl (C=O) groups excluding carboxylic acids is 1. The number of hydrogen-bond donors (Lipinski definition) is 2. The van der Waals surface area contributed by atoms with E-state index in [1.165, 1.54) is 25.7 Å². The van der Waals surface area contributed by atoms with Crippen LogP contribution in [0.25, 0.3) is 0 Å². The molecule has 1 atom stereocenters. The molecule has 1 unspecified atom stereocenters. The Labute approximate surface area is 85.6 Å².